The van der Waals surface area contributed by atoms with Crippen LogP contribution in [0.15, 0.2) is 54.6 Å². The number of nitriles is 1. The summed E-state index contributed by atoms with van der Waals surface area (Å²) in [4.78, 5) is 93.3. The number of aromatic nitrogens is 2. The van der Waals surface area contributed by atoms with Crippen molar-refractivity contribution in [1.82, 2.24) is 36.1 Å². The number of likely N-dealkylation sites (N-methyl/N-ethyl adjacent to an activating group) is 1. The molecule has 4 atom stereocenters. The summed E-state index contributed by atoms with van der Waals surface area (Å²) in [6.07, 6.45) is -0.227. The number of ether oxygens (including phenoxy) is 1. The number of carbonyl (C=O) groups excluding carboxylic acids is 6. The molecule has 1 aliphatic rings. The second-order valence-corrected chi connectivity index (χ2v) is 17.4. The van der Waals surface area contributed by atoms with Gasteiger partial charge in [-0.05, 0) is 80.1 Å². The summed E-state index contributed by atoms with van der Waals surface area (Å²) < 4.78 is 6.01. The van der Waals surface area contributed by atoms with E-state index >= 15 is 0 Å². The minimum Gasteiger partial charge on any atom is -0.505 e. The molecule has 19 nitrogen and oxygen atoms in total. The molecule has 0 saturated heterocycles. The van der Waals surface area contributed by atoms with E-state index in [4.69, 9.17) is 16.2 Å². The number of hydrogen-bond donors (Lipinski definition) is 8. The van der Waals surface area contributed by atoms with Gasteiger partial charge in [-0.3, -0.25) is 28.8 Å². The third kappa shape index (κ3) is 12.1. The Bertz CT molecular complexity index is 2560. The van der Waals surface area contributed by atoms with E-state index in [-0.39, 0.29) is 78.2 Å². The van der Waals surface area contributed by atoms with Crippen molar-refractivity contribution in [2.75, 3.05) is 38.6 Å². The molecule has 6 amide bonds. The number of aromatic hydroxyl groups is 1. The highest BCUT2D eigenvalue weighted by Crippen LogP contribution is 2.43. The van der Waals surface area contributed by atoms with Crippen molar-refractivity contribution in [3.05, 3.63) is 88.2 Å². The van der Waals surface area contributed by atoms with Crippen LogP contribution in [0.4, 0.5) is 5.69 Å². The SMILES string of the molecule is CC(=O)Nc1cc2cc(c1O)-c1cc(ccc1OCCN)C(N(C)C(=O)C(CCN)NC(=O)c1c(C)nc(-c3ccc(C(C)(C)C)cc3)nc1C)C(=O)NC(C)C(=O)NC(C(=O)NCC#N)C2. The van der Waals surface area contributed by atoms with Crippen LogP contribution >= 0.6 is 0 Å². The van der Waals surface area contributed by atoms with Gasteiger partial charge in [-0.1, -0.05) is 51.1 Å². The third-order valence-corrected chi connectivity index (χ3v) is 11.2. The van der Waals surface area contributed by atoms with Crippen LogP contribution in [0, 0.1) is 25.2 Å². The maximum Gasteiger partial charge on any atom is 0.255 e. The topological polar surface area (TPSA) is 297 Å². The molecule has 0 saturated carbocycles. The molecule has 5 rings (SSSR count). The Morgan fingerprint density at radius 2 is 1.64 bits per heavy atom. The number of amides is 6. The quantitative estimate of drug-likeness (QED) is 0.0708. The van der Waals surface area contributed by atoms with Crippen molar-refractivity contribution < 1.29 is 38.6 Å². The van der Waals surface area contributed by atoms with Gasteiger partial charge in [0.25, 0.3) is 5.91 Å². The van der Waals surface area contributed by atoms with E-state index in [1.165, 1.54) is 51.2 Å². The molecule has 3 aromatic carbocycles. The Hall–Kier alpha value is -7.43. The number of phenols is 1. The van der Waals surface area contributed by atoms with E-state index in [1.54, 1.807) is 13.8 Å². The molecule has 4 bridgehead atoms. The van der Waals surface area contributed by atoms with Crippen molar-refractivity contribution >= 4 is 41.1 Å². The summed E-state index contributed by atoms with van der Waals surface area (Å²) in [6, 6.07) is 11.9. The van der Waals surface area contributed by atoms with Gasteiger partial charge in [0.05, 0.1) is 28.7 Å². The number of aryl methyl sites for hydroxylation is 2. The maximum atomic E-state index is 14.7. The Kier molecular flexibility index (Phi) is 16.4. The summed E-state index contributed by atoms with van der Waals surface area (Å²) in [5.74, 6) is -4.00. The molecular weight excluding hydrogens is 859 g/mol. The van der Waals surface area contributed by atoms with Gasteiger partial charge in [-0.25, -0.2) is 9.97 Å². The summed E-state index contributed by atoms with van der Waals surface area (Å²) in [7, 11) is 1.36. The van der Waals surface area contributed by atoms with Crippen molar-refractivity contribution in [2.24, 2.45) is 11.5 Å². The molecule has 0 aliphatic carbocycles. The predicted molar refractivity (Wildman–Crippen MR) is 250 cm³/mol. The number of fused-ring (bicyclic) bond motifs is 5. The highest BCUT2D eigenvalue weighted by Gasteiger charge is 2.37. The zero-order valence-corrected chi connectivity index (χ0v) is 39.0. The predicted octanol–water partition coefficient (Wildman–Crippen LogP) is 2.56. The highest BCUT2D eigenvalue weighted by atomic mass is 16.5. The zero-order valence-electron chi connectivity index (χ0n) is 39.0. The minimum atomic E-state index is -1.50. The molecule has 2 heterocycles. The van der Waals surface area contributed by atoms with Crippen LogP contribution in [0.25, 0.3) is 22.5 Å². The fourth-order valence-corrected chi connectivity index (χ4v) is 7.75. The third-order valence-electron chi connectivity index (χ3n) is 11.2. The van der Waals surface area contributed by atoms with Crippen LogP contribution in [-0.2, 0) is 35.8 Å². The largest absolute Gasteiger partial charge is 0.505 e. The van der Waals surface area contributed by atoms with Gasteiger partial charge in [0.2, 0.25) is 29.5 Å². The lowest BCUT2D eigenvalue weighted by molar-refractivity contribution is -0.141. The van der Waals surface area contributed by atoms with E-state index in [0.29, 0.717) is 22.8 Å². The fraction of sp³-hybridized carbons (Fsp3) is 0.396. The first kappa shape index (κ1) is 50.6. The van der Waals surface area contributed by atoms with E-state index in [1.807, 2.05) is 30.3 Å². The Morgan fingerprint density at radius 3 is 2.24 bits per heavy atom. The summed E-state index contributed by atoms with van der Waals surface area (Å²) in [5, 5.41) is 34.0. The minimum absolute atomic E-state index is 0.0378. The molecule has 1 aromatic heterocycles. The van der Waals surface area contributed by atoms with Crippen LogP contribution in [0.2, 0.25) is 0 Å². The van der Waals surface area contributed by atoms with Crippen LogP contribution in [-0.4, -0.2) is 107 Å². The van der Waals surface area contributed by atoms with E-state index in [0.717, 1.165) is 16.0 Å². The van der Waals surface area contributed by atoms with Gasteiger partial charge in [0.1, 0.15) is 48.8 Å². The van der Waals surface area contributed by atoms with Crippen molar-refractivity contribution in [3.8, 4) is 40.1 Å². The van der Waals surface area contributed by atoms with Crippen LogP contribution in [0.5, 0.6) is 11.5 Å². The molecule has 1 aliphatic heterocycles. The molecule has 0 radical (unpaired) electrons. The van der Waals surface area contributed by atoms with Gasteiger partial charge in [-0.2, -0.15) is 5.26 Å². The number of nitrogens with zero attached hydrogens (tertiary/aromatic N) is 4. The van der Waals surface area contributed by atoms with E-state index in [2.05, 4.69) is 57.3 Å². The van der Waals surface area contributed by atoms with Crippen molar-refractivity contribution in [2.45, 2.75) is 90.9 Å². The van der Waals surface area contributed by atoms with E-state index in [9.17, 15) is 39.1 Å². The normalized spacial score (nSPS) is 16.5. The molecule has 0 fully saturated rings. The highest BCUT2D eigenvalue weighted by molar-refractivity contribution is 6.01. The summed E-state index contributed by atoms with van der Waals surface area (Å²) in [6.45, 7) is 12.1. The molecular formula is C48H59N11O8. The fourth-order valence-electron chi connectivity index (χ4n) is 7.75. The first-order valence-corrected chi connectivity index (χ1v) is 21.8. The number of nitrogens with one attached hydrogen (secondary N) is 5. The Morgan fingerprint density at radius 1 is 0.970 bits per heavy atom. The lowest BCUT2D eigenvalue weighted by Crippen LogP contribution is -2.56. The second-order valence-electron chi connectivity index (χ2n) is 17.4. The zero-order chi connectivity index (χ0) is 49.3. The standard InChI is InChI=1S/C48H59N11O8/c1-25-39(26(2)54-42(53-25)30-9-12-32(13-10-30)48(5,6)7)45(64)57-35(15-16-49)47(66)59(8)40-31-11-14-38(67-20-18-51)33(24-31)34-21-29(22-36(41(34)61)56-28(4)60)23-37(44(63)52-19-17-50)58-43(62)27(3)55-46(40)65/h9-14,21-22,24,27,35,37,40,61H,15-16,18-20,23,49,51H2,1-8H3,(H,52,63)(H,55,65)(H,56,60)(H,57,64)(H,58,62). The first-order valence-electron chi connectivity index (χ1n) is 21.8. The van der Waals surface area contributed by atoms with Gasteiger partial charge >= 0.3 is 0 Å². The number of benzene rings is 3. The second kappa shape index (κ2) is 21.7. The maximum absolute atomic E-state index is 14.7. The summed E-state index contributed by atoms with van der Waals surface area (Å²) in [5.41, 5.74) is 15.4. The number of carbonyl (C=O) groups is 6. The number of hydrogen-bond acceptors (Lipinski definition) is 13. The lowest BCUT2D eigenvalue weighted by atomic mass is 9.86. The molecule has 67 heavy (non-hydrogen) atoms. The summed E-state index contributed by atoms with van der Waals surface area (Å²) >= 11 is 0. The van der Waals surface area contributed by atoms with E-state index < -0.39 is 65.4 Å². The van der Waals surface area contributed by atoms with Gasteiger partial charge in [0.15, 0.2) is 5.82 Å². The number of phenolic OH excluding ortho intramolecular Hbond substituents is 1. The monoisotopic (exact) mass is 917 g/mol. The number of rotatable bonds is 13. The number of anilines is 1. The van der Waals surface area contributed by atoms with Crippen LogP contribution in [0.3, 0.4) is 0 Å². The average Bonchev–Trinajstić information content (AvgIpc) is 3.27. The van der Waals surface area contributed by atoms with Crippen LogP contribution < -0.4 is 42.8 Å². The Balaban J connectivity index is 1.59. The van der Waals surface area contributed by atoms with Crippen molar-refractivity contribution in [1.29, 1.82) is 5.26 Å². The Labute approximate surface area is 389 Å². The average molecular weight is 918 g/mol. The van der Waals surface area contributed by atoms with Crippen molar-refractivity contribution in [3.63, 3.8) is 0 Å². The molecule has 354 valence electrons. The van der Waals surface area contributed by atoms with Crippen LogP contribution in [0.1, 0.15) is 85.5 Å². The smallest absolute Gasteiger partial charge is 0.255 e. The first-order chi connectivity index (χ1) is 31.7. The van der Waals surface area contributed by atoms with Gasteiger partial charge in [0, 0.05) is 43.6 Å². The van der Waals surface area contributed by atoms with Gasteiger partial charge in [-0.15, -0.1) is 0 Å². The van der Waals surface area contributed by atoms with Gasteiger partial charge < -0.3 is 52.8 Å². The molecule has 19 heteroatoms. The number of nitrogens with two attached hydrogens (primary N) is 2. The molecule has 0 spiro atoms. The molecule has 10 N–H and O–H groups in total. The molecule has 4 unspecified atom stereocenters. The lowest BCUT2D eigenvalue weighted by Gasteiger charge is -2.32. The molecule has 4 aromatic rings.